The summed E-state index contributed by atoms with van der Waals surface area (Å²) < 4.78 is 8.06. The van der Waals surface area contributed by atoms with Gasteiger partial charge in [-0.1, -0.05) is 19.3 Å². The molecule has 0 aliphatic heterocycles. The summed E-state index contributed by atoms with van der Waals surface area (Å²) in [6.07, 6.45) is 7.46. The van der Waals surface area contributed by atoms with Crippen LogP contribution < -0.4 is 15.2 Å². The molecule has 0 spiro atoms. The third-order valence-electron chi connectivity index (χ3n) is 4.97. The van der Waals surface area contributed by atoms with Gasteiger partial charge >= 0.3 is 0 Å². The fourth-order valence-corrected chi connectivity index (χ4v) is 4.68. The van der Waals surface area contributed by atoms with Gasteiger partial charge in [0.25, 0.3) is 5.56 Å². The fourth-order valence-electron chi connectivity index (χ4n) is 3.60. The average molecular weight is 358 g/mol. The lowest BCUT2D eigenvalue weighted by atomic mass is 9.95. The predicted octanol–water partition coefficient (Wildman–Crippen LogP) is 3.59. The van der Waals surface area contributed by atoms with Crippen LogP contribution in [0.25, 0.3) is 20.4 Å². The van der Waals surface area contributed by atoms with E-state index in [1.165, 1.54) is 30.6 Å². The quantitative estimate of drug-likeness (QED) is 0.716. The maximum atomic E-state index is 13.1. The van der Waals surface area contributed by atoms with E-state index in [-0.39, 0.29) is 11.6 Å². The minimum Gasteiger partial charge on any atom is -0.496 e. The van der Waals surface area contributed by atoms with Crippen LogP contribution in [-0.2, 0) is 0 Å². The molecule has 0 aromatic carbocycles. The number of thiophene rings is 1. The lowest BCUT2D eigenvalue weighted by Crippen LogP contribution is -2.26. The first-order valence-corrected chi connectivity index (χ1v) is 9.47. The zero-order valence-corrected chi connectivity index (χ0v) is 15.6. The number of fused-ring (bicyclic) bond motifs is 3. The molecule has 1 aliphatic rings. The van der Waals surface area contributed by atoms with Crippen molar-refractivity contribution in [2.45, 2.75) is 38.1 Å². The SMILES string of the molecule is COc1cc(N(C)C)nc2sc3c(=O)n(C4CCCCC4)cnc3c12. The molecule has 0 bridgehead atoms. The summed E-state index contributed by atoms with van der Waals surface area (Å²) in [5.41, 5.74) is 0.750. The molecule has 0 amide bonds. The first kappa shape index (κ1) is 16.3. The molecule has 0 unspecified atom stereocenters. The van der Waals surface area contributed by atoms with Crippen LogP contribution >= 0.6 is 11.3 Å². The molecule has 25 heavy (non-hydrogen) atoms. The van der Waals surface area contributed by atoms with E-state index in [0.29, 0.717) is 16.0 Å². The molecule has 3 aromatic rings. The van der Waals surface area contributed by atoms with E-state index >= 15 is 0 Å². The van der Waals surface area contributed by atoms with Gasteiger partial charge in [0.05, 0.1) is 18.8 Å². The number of hydrogen-bond donors (Lipinski definition) is 0. The fraction of sp³-hybridized carbons (Fsp3) is 0.500. The second-order valence-electron chi connectivity index (χ2n) is 6.79. The molecule has 1 fully saturated rings. The second-order valence-corrected chi connectivity index (χ2v) is 7.78. The minimum atomic E-state index is 0.0494. The number of pyridine rings is 1. The topological polar surface area (TPSA) is 60.2 Å². The van der Waals surface area contributed by atoms with Crippen molar-refractivity contribution in [1.29, 1.82) is 0 Å². The summed E-state index contributed by atoms with van der Waals surface area (Å²) >= 11 is 1.41. The molecular weight excluding hydrogens is 336 g/mol. The normalized spacial score (nSPS) is 15.8. The van der Waals surface area contributed by atoms with Gasteiger partial charge in [0.1, 0.15) is 26.6 Å². The third-order valence-corrected chi connectivity index (χ3v) is 6.03. The van der Waals surface area contributed by atoms with E-state index in [2.05, 4.69) is 9.97 Å². The van der Waals surface area contributed by atoms with E-state index in [1.807, 2.05) is 29.6 Å². The van der Waals surface area contributed by atoms with Crippen molar-refractivity contribution in [3.05, 3.63) is 22.7 Å². The number of aromatic nitrogens is 3. The zero-order chi connectivity index (χ0) is 17.6. The lowest BCUT2D eigenvalue weighted by molar-refractivity contribution is 0.345. The van der Waals surface area contributed by atoms with Gasteiger partial charge in [0.2, 0.25) is 0 Å². The predicted molar refractivity (Wildman–Crippen MR) is 102 cm³/mol. The number of hydrogen-bond acceptors (Lipinski definition) is 6. The van der Waals surface area contributed by atoms with E-state index < -0.39 is 0 Å². The molecule has 1 aliphatic carbocycles. The third kappa shape index (κ3) is 2.66. The number of ether oxygens (including phenoxy) is 1. The van der Waals surface area contributed by atoms with Crippen LogP contribution in [0.3, 0.4) is 0 Å². The smallest absolute Gasteiger partial charge is 0.271 e. The highest BCUT2D eigenvalue weighted by molar-refractivity contribution is 7.25. The first-order valence-electron chi connectivity index (χ1n) is 8.66. The largest absolute Gasteiger partial charge is 0.496 e. The Kier molecular flexibility index (Phi) is 4.11. The molecule has 132 valence electrons. The van der Waals surface area contributed by atoms with Crippen LogP contribution in [0.5, 0.6) is 5.75 Å². The average Bonchev–Trinajstić information content (AvgIpc) is 3.01. The van der Waals surface area contributed by atoms with Crippen molar-refractivity contribution in [2.24, 2.45) is 0 Å². The Morgan fingerprint density at radius 1 is 1.28 bits per heavy atom. The summed E-state index contributed by atoms with van der Waals surface area (Å²) in [5, 5.41) is 0.834. The van der Waals surface area contributed by atoms with Gasteiger partial charge in [-0.05, 0) is 12.8 Å². The molecule has 0 radical (unpaired) electrons. The monoisotopic (exact) mass is 358 g/mol. The van der Waals surface area contributed by atoms with Crippen molar-refractivity contribution in [3.63, 3.8) is 0 Å². The maximum Gasteiger partial charge on any atom is 0.271 e. The first-order chi connectivity index (χ1) is 12.1. The maximum absolute atomic E-state index is 13.1. The summed E-state index contributed by atoms with van der Waals surface area (Å²) in [7, 11) is 5.52. The Bertz CT molecular complexity index is 986. The Morgan fingerprint density at radius 3 is 2.72 bits per heavy atom. The van der Waals surface area contributed by atoms with E-state index in [1.54, 1.807) is 13.4 Å². The van der Waals surface area contributed by atoms with Crippen LogP contribution in [0.2, 0.25) is 0 Å². The Morgan fingerprint density at radius 2 is 2.04 bits per heavy atom. The van der Waals surface area contributed by atoms with E-state index in [0.717, 1.165) is 28.9 Å². The molecule has 0 N–H and O–H groups in total. The lowest BCUT2D eigenvalue weighted by Gasteiger charge is -2.23. The standard InChI is InChI=1S/C18H22N4O2S/c1-21(2)13-9-12(24-3)14-15-16(25-17(14)20-13)18(23)22(10-19-15)11-7-5-4-6-8-11/h9-11H,4-8H2,1-3H3. The summed E-state index contributed by atoms with van der Waals surface area (Å²) in [6, 6.07) is 2.17. The van der Waals surface area contributed by atoms with Crippen molar-refractivity contribution < 1.29 is 4.74 Å². The molecule has 4 rings (SSSR count). The van der Waals surface area contributed by atoms with Crippen LogP contribution in [0.15, 0.2) is 17.2 Å². The van der Waals surface area contributed by atoms with Crippen molar-refractivity contribution in [1.82, 2.24) is 14.5 Å². The van der Waals surface area contributed by atoms with Crippen LogP contribution in [-0.4, -0.2) is 35.7 Å². The van der Waals surface area contributed by atoms with Crippen molar-refractivity contribution >= 4 is 37.6 Å². The van der Waals surface area contributed by atoms with Gasteiger partial charge in [0.15, 0.2) is 0 Å². The van der Waals surface area contributed by atoms with Crippen molar-refractivity contribution in [2.75, 3.05) is 26.1 Å². The molecule has 0 saturated heterocycles. The Labute approximate surface area is 150 Å². The van der Waals surface area contributed by atoms with Crippen LogP contribution in [0.1, 0.15) is 38.1 Å². The van der Waals surface area contributed by atoms with Gasteiger partial charge in [-0.25, -0.2) is 9.97 Å². The van der Waals surface area contributed by atoms with Gasteiger partial charge in [-0.15, -0.1) is 11.3 Å². The summed E-state index contributed by atoms with van der Waals surface area (Å²) in [4.78, 5) is 25.1. The molecule has 1 saturated carbocycles. The van der Waals surface area contributed by atoms with Gasteiger partial charge in [-0.2, -0.15) is 0 Å². The highest BCUT2D eigenvalue weighted by Gasteiger charge is 2.21. The Hall–Kier alpha value is -2.15. The molecule has 3 heterocycles. The molecule has 3 aromatic heterocycles. The molecular formula is C18H22N4O2S. The molecule has 6 nitrogen and oxygen atoms in total. The number of anilines is 1. The highest BCUT2D eigenvalue weighted by atomic mass is 32.1. The molecule has 7 heteroatoms. The highest BCUT2D eigenvalue weighted by Crippen LogP contribution is 2.38. The van der Waals surface area contributed by atoms with Crippen LogP contribution in [0.4, 0.5) is 5.82 Å². The molecule has 0 atom stereocenters. The Balaban J connectivity index is 1.95. The zero-order valence-electron chi connectivity index (χ0n) is 14.8. The summed E-state index contributed by atoms with van der Waals surface area (Å²) in [5.74, 6) is 1.52. The van der Waals surface area contributed by atoms with Gasteiger partial charge in [-0.3, -0.25) is 9.36 Å². The summed E-state index contributed by atoms with van der Waals surface area (Å²) in [6.45, 7) is 0. The van der Waals surface area contributed by atoms with E-state index in [9.17, 15) is 4.79 Å². The minimum absolute atomic E-state index is 0.0494. The van der Waals surface area contributed by atoms with Crippen LogP contribution in [0, 0.1) is 0 Å². The van der Waals surface area contributed by atoms with Crippen molar-refractivity contribution in [3.8, 4) is 5.75 Å². The van der Waals surface area contributed by atoms with E-state index in [4.69, 9.17) is 4.74 Å². The second kappa shape index (κ2) is 6.29. The number of nitrogens with zero attached hydrogens (tertiary/aromatic N) is 4. The van der Waals surface area contributed by atoms with Gasteiger partial charge in [0, 0.05) is 26.2 Å². The van der Waals surface area contributed by atoms with Gasteiger partial charge < -0.3 is 9.64 Å². The number of rotatable bonds is 3. The number of methoxy groups -OCH3 is 1.